The van der Waals surface area contributed by atoms with Gasteiger partial charge in [-0.3, -0.25) is 4.79 Å². The van der Waals surface area contributed by atoms with Crippen molar-refractivity contribution in [2.45, 2.75) is 6.92 Å². The van der Waals surface area contributed by atoms with E-state index in [1.54, 1.807) is 25.1 Å². The van der Waals surface area contributed by atoms with E-state index in [1.165, 1.54) is 28.7 Å². The Hall–Kier alpha value is -2.97. The predicted molar refractivity (Wildman–Crippen MR) is 98.9 cm³/mol. The fraction of sp³-hybridized carbons (Fsp3) is 0.0588. The summed E-state index contributed by atoms with van der Waals surface area (Å²) < 4.78 is 7.12. The van der Waals surface area contributed by atoms with Gasteiger partial charge in [-0.15, -0.1) is 11.3 Å². The summed E-state index contributed by atoms with van der Waals surface area (Å²) >= 11 is 7.77. The number of anilines is 1. The molecule has 3 aromatic heterocycles. The van der Waals surface area contributed by atoms with E-state index in [9.17, 15) is 4.79 Å². The molecule has 0 fully saturated rings. The number of nitrogens with zero attached hydrogens (tertiary/aromatic N) is 4. The fourth-order valence-corrected chi connectivity index (χ4v) is 3.38. The van der Waals surface area contributed by atoms with E-state index >= 15 is 0 Å². The predicted octanol–water partition coefficient (Wildman–Crippen LogP) is 4.20. The van der Waals surface area contributed by atoms with Crippen molar-refractivity contribution in [3.63, 3.8) is 0 Å². The zero-order chi connectivity index (χ0) is 18.1. The van der Waals surface area contributed by atoms with E-state index in [0.717, 1.165) is 4.88 Å². The summed E-state index contributed by atoms with van der Waals surface area (Å²) in [6, 6.07) is 8.97. The Morgan fingerprint density at radius 1 is 1.31 bits per heavy atom. The molecule has 4 aromatic rings. The molecule has 0 unspecified atom stereocenters. The van der Waals surface area contributed by atoms with Crippen molar-refractivity contribution in [1.29, 1.82) is 0 Å². The molecule has 130 valence electrons. The summed E-state index contributed by atoms with van der Waals surface area (Å²) in [6.07, 6.45) is 2.90. The Morgan fingerprint density at radius 3 is 2.92 bits per heavy atom. The van der Waals surface area contributed by atoms with Crippen LogP contribution in [0.5, 0.6) is 0 Å². The van der Waals surface area contributed by atoms with Crippen molar-refractivity contribution in [2.75, 3.05) is 5.32 Å². The summed E-state index contributed by atoms with van der Waals surface area (Å²) in [5.41, 5.74) is 1.24. The highest BCUT2D eigenvalue weighted by atomic mass is 35.5. The number of benzene rings is 1. The minimum Gasteiger partial charge on any atom is -0.440 e. The van der Waals surface area contributed by atoms with Gasteiger partial charge in [0.05, 0.1) is 15.6 Å². The molecule has 0 aliphatic heterocycles. The first-order valence-electron chi connectivity index (χ1n) is 7.59. The lowest BCUT2D eigenvalue weighted by Gasteiger charge is -2.11. The average Bonchev–Trinajstić information content (AvgIpc) is 3.36. The van der Waals surface area contributed by atoms with Crippen LogP contribution in [-0.2, 0) is 0 Å². The number of aromatic nitrogens is 4. The number of amides is 1. The molecule has 1 N–H and O–H groups in total. The van der Waals surface area contributed by atoms with Gasteiger partial charge in [0.15, 0.2) is 5.69 Å². The second kappa shape index (κ2) is 6.74. The molecule has 0 saturated heterocycles. The molecule has 0 saturated carbocycles. The fourth-order valence-electron chi connectivity index (χ4n) is 2.47. The molecule has 0 bridgehead atoms. The van der Waals surface area contributed by atoms with E-state index in [1.807, 2.05) is 17.5 Å². The average molecular weight is 386 g/mol. The maximum absolute atomic E-state index is 12.7. The number of hydrogen-bond donors (Lipinski definition) is 1. The molecule has 7 nitrogen and oxygen atoms in total. The highest BCUT2D eigenvalue weighted by Gasteiger charge is 2.20. The number of carbonyl (C=O) groups is 1. The van der Waals surface area contributed by atoms with Crippen molar-refractivity contribution in [2.24, 2.45) is 0 Å². The van der Waals surface area contributed by atoms with Crippen molar-refractivity contribution in [3.05, 3.63) is 64.8 Å². The van der Waals surface area contributed by atoms with Gasteiger partial charge in [-0.2, -0.15) is 5.10 Å². The van der Waals surface area contributed by atoms with Crippen LogP contribution in [-0.4, -0.2) is 25.7 Å². The van der Waals surface area contributed by atoms with Gasteiger partial charge in [-0.25, -0.2) is 14.6 Å². The lowest BCUT2D eigenvalue weighted by molar-refractivity contribution is 0.102. The number of rotatable bonds is 4. The van der Waals surface area contributed by atoms with Gasteiger partial charge in [-0.1, -0.05) is 23.7 Å². The molecule has 1 amide bonds. The van der Waals surface area contributed by atoms with E-state index in [2.05, 4.69) is 20.4 Å². The Morgan fingerprint density at radius 2 is 2.19 bits per heavy atom. The molecule has 26 heavy (non-hydrogen) atoms. The largest absolute Gasteiger partial charge is 0.440 e. The van der Waals surface area contributed by atoms with Gasteiger partial charge in [0, 0.05) is 0 Å². The highest BCUT2D eigenvalue weighted by molar-refractivity contribution is 7.13. The first-order chi connectivity index (χ1) is 12.6. The van der Waals surface area contributed by atoms with Crippen LogP contribution in [0.25, 0.3) is 16.5 Å². The molecule has 3 heterocycles. The van der Waals surface area contributed by atoms with Gasteiger partial charge in [0.25, 0.3) is 5.91 Å². The first-order valence-corrected chi connectivity index (χ1v) is 8.85. The van der Waals surface area contributed by atoms with Crippen LogP contribution in [0.4, 0.5) is 5.69 Å². The Bertz CT molecular complexity index is 1060. The van der Waals surface area contributed by atoms with Crippen LogP contribution in [0.1, 0.15) is 16.2 Å². The monoisotopic (exact) mass is 385 g/mol. The molecular weight excluding hydrogens is 374 g/mol. The first kappa shape index (κ1) is 16.5. The number of para-hydroxylation sites is 1. The molecule has 0 aliphatic carbocycles. The molecule has 9 heteroatoms. The van der Waals surface area contributed by atoms with E-state index in [0.29, 0.717) is 28.0 Å². The van der Waals surface area contributed by atoms with E-state index in [4.69, 9.17) is 16.0 Å². The van der Waals surface area contributed by atoms with Gasteiger partial charge < -0.3 is 9.73 Å². The summed E-state index contributed by atoms with van der Waals surface area (Å²) in [4.78, 5) is 21.8. The number of thiophene rings is 1. The molecular formula is C17H12ClN5O2S. The van der Waals surface area contributed by atoms with Gasteiger partial charge in [0.1, 0.15) is 24.1 Å². The van der Waals surface area contributed by atoms with Crippen molar-refractivity contribution in [1.82, 2.24) is 19.7 Å². The third-order valence-corrected chi connectivity index (χ3v) is 4.79. The van der Waals surface area contributed by atoms with Gasteiger partial charge in [0.2, 0.25) is 5.89 Å². The van der Waals surface area contributed by atoms with Crippen molar-refractivity contribution in [3.8, 4) is 16.5 Å². The van der Waals surface area contributed by atoms with Crippen LogP contribution >= 0.6 is 22.9 Å². The molecule has 4 rings (SSSR count). The molecule has 1 aromatic carbocycles. The lowest BCUT2D eigenvalue weighted by Crippen LogP contribution is -2.15. The molecule has 0 radical (unpaired) electrons. The second-order valence-electron chi connectivity index (χ2n) is 5.33. The van der Waals surface area contributed by atoms with Crippen LogP contribution in [0.3, 0.4) is 0 Å². The standard InChI is InChI=1S/C17H12ClN5O2S/c1-10-14(22-17(25-10)13-6-3-7-26-13)16(24)21-12-5-2-4-11(18)15(12)23-9-19-8-20-23/h2-9H,1H3,(H,21,24). The van der Waals surface area contributed by atoms with Crippen molar-refractivity contribution >= 4 is 34.5 Å². The highest BCUT2D eigenvalue weighted by Crippen LogP contribution is 2.29. The SMILES string of the molecule is Cc1oc(-c2cccs2)nc1C(=O)Nc1cccc(Cl)c1-n1cncn1. The Kier molecular flexibility index (Phi) is 4.27. The number of nitrogens with one attached hydrogen (secondary N) is 1. The normalized spacial score (nSPS) is 10.8. The lowest BCUT2D eigenvalue weighted by atomic mass is 10.2. The summed E-state index contributed by atoms with van der Waals surface area (Å²) in [7, 11) is 0. The molecule has 0 spiro atoms. The zero-order valence-electron chi connectivity index (χ0n) is 13.5. The van der Waals surface area contributed by atoms with Crippen LogP contribution in [0.15, 0.2) is 52.8 Å². The topological polar surface area (TPSA) is 85.8 Å². The summed E-state index contributed by atoms with van der Waals surface area (Å²) in [5, 5.41) is 9.26. The second-order valence-corrected chi connectivity index (χ2v) is 6.69. The minimum atomic E-state index is -0.391. The third-order valence-electron chi connectivity index (χ3n) is 3.63. The Labute approximate surface area is 157 Å². The molecule has 0 atom stereocenters. The zero-order valence-corrected chi connectivity index (χ0v) is 15.1. The number of carbonyl (C=O) groups excluding carboxylic acids is 1. The van der Waals surface area contributed by atoms with E-state index in [-0.39, 0.29) is 5.69 Å². The Balaban J connectivity index is 1.67. The minimum absolute atomic E-state index is 0.220. The number of hydrogen-bond acceptors (Lipinski definition) is 6. The number of oxazole rings is 1. The smallest absolute Gasteiger partial charge is 0.277 e. The van der Waals surface area contributed by atoms with Gasteiger partial charge in [-0.05, 0) is 30.5 Å². The number of aryl methyl sites for hydroxylation is 1. The number of halogens is 1. The molecule has 0 aliphatic rings. The summed E-state index contributed by atoms with van der Waals surface area (Å²) in [6.45, 7) is 1.70. The van der Waals surface area contributed by atoms with Crippen LogP contribution < -0.4 is 5.32 Å². The van der Waals surface area contributed by atoms with Gasteiger partial charge >= 0.3 is 0 Å². The van der Waals surface area contributed by atoms with E-state index < -0.39 is 5.91 Å². The quantitative estimate of drug-likeness (QED) is 0.569. The summed E-state index contributed by atoms with van der Waals surface area (Å²) in [5.74, 6) is 0.471. The third kappa shape index (κ3) is 3.00. The van der Waals surface area contributed by atoms with Crippen LogP contribution in [0.2, 0.25) is 5.02 Å². The van der Waals surface area contributed by atoms with Crippen molar-refractivity contribution < 1.29 is 9.21 Å². The van der Waals surface area contributed by atoms with Crippen LogP contribution in [0, 0.1) is 6.92 Å². The maximum atomic E-state index is 12.7. The maximum Gasteiger partial charge on any atom is 0.277 e.